The fourth-order valence-electron chi connectivity index (χ4n) is 3.31. The van der Waals surface area contributed by atoms with Crippen LogP contribution in [0.5, 0.6) is 0 Å². The Bertz CT molecular complexity index is 978. The minimum atomic E-state index is -1.51. The fourth-order valence-corrected chi connectivity index (χ4v) is 3.31. The number of terminal acetylenes is 1. The highest BCUT2D eigenvalue weighted by Gasteiger charge is 2.45. The summed E-state index contributed by atoms with van der Waals surface area (Å²) in [5.74, 6) is 2.33. The monoisotopic (exact) mass is 447 g/mol. The maximum Gasteiger partial charge on any atom is 0.412 e. The molecule has 0 unspecified atom stereocenters. The number of aliphatic hydroxyl groups is 2. The average Bonchev–Trinajstić information content (AvgIpc) is 3.68. The Labute approximate surface area is 183 Å². The number of amides is 1. The van der Waals surface area contributed by atoms with Gasteiger partial charge >= 0.3 is 17.8 Å². The maximum atomic E-state index is 12.5. The number of esters is 1. The maximum absolute atomic E-state index is 12.5. The fraction of sp³-hybridized carbons (Fsp3) is 0.619. The average molecular weight is 447 g/mol. The summed E-state index contributed by atoms with van der Waals surface area (Å²) in [6.07, 6.45) is 4.32. The van der Waals surface area contributed by atoms with E-state index in [2.05, 4.69) is 16.2 Å². The minimum Gasteiger partial charge on any atom is -0.465 e. The predicted octanol–water partition coefficient (Wildman–Crippen LogP) is 0.146. The van der Waals surface area contributed by atoms with Gasteiger partial charge in [0.1, 0.15) is 12.2 Å². The van der Waals surface area contributed by atoms with Gasteiger partial charge in [0, 0.05) is 6.20 Å². The first-order valence-corrected chi connectivity index (χ1v) is 10.6. The Kier molecular flexibility index (Phi) is 6.45. The van der Waals surface area contributed by atoms with E-state index in [1.165, 1.54) is 6.20 Å². The highest BCUT2D eigenvalue weighted by atomic mass is 16.6. The van der Waals surface area contributed by atoms with Crippen LogP contribution in [0.2, 0.25) is 0 Å². The van der Waals surface area contributed by atoms with Crippen molar-refractivity contribution in [1.29, 1.82) is 0 Å². The van der Waals surface area contributed by atoms with Crippen molar-refractivity contribution >= 4 is 17.9 Å². The van der Waals surface area contributed by atoms with Crippen LogP contribution in [0.3, 0.4) is 0 Å². The van der Waals surface area contributed by atoms with E-state index in [-0.39, 0.29) is 24.4 Å². The van der Waals surface area contributed by atoms with Crippen molar-refractivity contribution in [2.24, 2.45) is 11.8 Å². The number of nitrogens with one attached hydrogen (secondary N) is 1. The van der Waals surface area contributed by atoms with Gasteiger partial charge in [0.2, 0.25) is 0 Å². The molecule has 3 N–H and O–H groups in total. The lowest BCUT2D eigenvalue weighted by atomic mass is 10.1. The Balaban J connectivity index is 1.43. The van der Waals surface area contributed by atoms with Crippen LogP contribution in [-0.2, 0) is 19.0 Å². The highest BCUT2D eigenvalue weighted by molar-refractivity contribution is 5.84. The molecule has 1 aliphatic heterocycles. The molecule has 0 spiro atoms. The van der Waals surface area contributed by atoms with E-state index in [0.29, 0.717) is 18.4 Å². The molecule has 11 nitrogen and oxygen atoms in total. The van der Waals surface area contributed by atoms with Crippen molar-refractivity contribution < 1.29 is 34.0 Å². The molecule has 1 aromatic heterocycles. The van der Waals surface area contributed by atoms with Gasteiger partial charge in [0.25, 0.3) is 0 Å². The number of nitrogens with zero attached hydrogens (tertiary/aromatic N) is 2. The zero-order valence-electron chi connectivity index (χ0n) is 17.3. The van der Waals surface area contributed by atoms with Crippen LogP contribution < -0.4 is 11.0 Å². The van der Waals surface area contributed by atoms with E-state index in [9.17, 15) is 24.6 Å². The molecular weight excluding hydrogens is 422 g/mol. The van der Waals surface area contributed by atoms with Gasteiger partial charge in [-0.05, 0) is 37.5 Å². The molecule has 32 heavy (non-hydrogen) atoms. The molecule has 3 aliphatic rings. The number of aromatic nitrogens is 2. The molecule has 2 aliphatic carbocycles. The summed E-state index contributed by atoms with van der Waals surface area (Å²) in [7, 11) is 0. The van der Waals surface area contributed by atoms with Crippen molar-refractivity contribution in [2.45, 2.75) is 56.6 Å². The van der Waals surface area contributed by atoms with Crippen molar-refractivity contribution in [2.75, 3.05) is 18.5 Å². The van der Waals surface area contributed by atoms with Gasteiger partial charge in [-0.25, -0.2) is 9.59 Å². The molecule has 0 aromatic carbocycles. The smallest absolute Gasteiger partial charge is 0.412 e. The van der Waals surface area contributed by atoms with Crippen LogP contribution >= 0.6 is 0 Å². The highest BCUT2D eigenvalue weighted by Crippen LogP contribution is 2.32. The molecule has 3 fully saturated rings. The van der Waals surface area contributed by atoms with E-state index >= 15 is 0 Å². The van der Waals surface area contributed by atoms with Crippen molar-refractivity contribution in [1.82, 2.24) is 9.55 Å². The van der Waals surface area contributed by atoms with Gasteiger partial charge in [-0.3, -0.25) is 14.7 Å². The van der Waals surface area contributed by atoms with Gasteiger partial charge in [-0.2, -0.15) is 4.98 Å². The molecular formula is C21H25N3O8. The van der Waals surface area contributed by atoms with Crippen LogP contribution in [0, 0.1) is 24.2 Å². The number of anilines is 1. The Morgan fingerprint density at radius 1 is 1.19 bits per heavy atom. The topological polar surface area (TPSA) is 149 Å². The van der Waals surface area contributed by atoms with Crippen molar-refractivity contribution in [3.05, 3.63) is 22.2 Å². The molecule has 4 rings (SSSR count). The number of hydrogen-bond acceptors (Lipinski definition) is 9. The second kappa shape index (κ2) is 9.28. The van der Waals surface area contributed by atoms with Gasteiger partial charge in [-0.15, -0.1) is 6.42 Å². The molecule has 2 heterocycles. The molecule has 172 valence electrons. The van der Waals surface area contributed by atoms with Gasteiger partial charge in [0.05, 0.1) is 31.3 Å². The van der Waals surface area contributed by atoms with Crippen LogP contribution in [0.25, 0.3) is 0 Å². The summed E-state index contributed by atoms with van der Waals surface area (Å²) < 4.78 is 16.7. The van der Waals surface area contributed by atoms with E-state index in [1.54, 1.807) is 0 Å². The molecule has 1 amide bonds. The van der Waals surface area contributed by atoms with Gasteiger partial charge < -0.3 is 24.4 Å². The third kappa shape index (κ3) is 5.27. The standard InChI is InChI=1S/C21H25N3O8/c1-2-13-8-24(20(28)22-18(13)23-21(29)31-10-12-5-6-12)19-17(27)16(26)14(32-19)7-15(25)30-9-11-3-4-11/h1,8,11-12,14,16-17,19,26-27H,3-7,9-10H2,(H,22,23,28,29)/t14-,16-,17-,19-/m1/s1. The molecule has 2 saturated carbocycles. The van der Waals surface area contributed by atoms with Crippen molar-refractivity contribution in [3.8, 4) is 12.3 Å². The number of hydrogen-bond donors (Lipinski definition) is 3. The zero-order valence-corrected chi connectivity index (χ0v) is 17.3. The van der Waals surface area contributed by atoms with E-state index in [4.69, 9.17) is 20.6 Å². The predicted molar refractivity (Wildman–Crippen MR) is 108 cm³/mol. The normalized spacial score (nSPS) is 26.9. The third-order valence-corrected chi connectivity index (χ3v) is 5.63. The summed E-state index contributed by atoms with van der Waals surface area (Å²) in [6.45, 7) is 0.596. The second-order valence-corrected chi connectivity index (χ2v) is 8.38. The second-order valence-electron chi connectivity index (χ2n) is 8.38. The van der Waals surface area contributed by atoms with E-state index in [1.807, 2.05) is 0 Å². The first-order valence-electron chi connectivity index (χ1n) is 10.6. The van der Waals surface area contributed by atoms with E-state index < -0.39 is 42.3 Å². The Morgan fingerprint density at radius 2 is 1.84 bits per heavy atom. The Morgan fingerprint density at radius 3 is 2.47 bits per heavy atom. The minimum absolute atomic E-state index is 0.0468. The third-order valence-electron chi connectivity index (χ3n) is 5.63. The molecule has 1 aromatic rings. The van der Waals surface area contributed by atoms with Gasteiger partial charge in [0.15, 0.2) is 12.0 Å². The first-order chi connectivity index (χ1) is 15.4. The van der Waals surface area contributed by atoms with Crippen LogP contribution in [0.1, 0.15) is 43.9 Å². The van der Waals surface area contributed by atoms with Crippen LogP contribution in [0.4, 0.5) is 10.6 Å². The SMILES string of the molecule is C#Cc1cn([C@@H]2O[C@H](CC(=O)OCC3CC3)[C@@H](O)[C@H]2O)c(=O)nc1NC(=O)OCC1CC1. The van der Waals surface area contributed by atoms with Crippen LogP contribution in [-0.4, -0.2) is 63.4 Å². The van der Waals surface area contributed by atoms with Crippen molar-refractivity contribution in [3.63, 3.8) is 0 Å². The summed E-state index contributed by atoms with van der Waals surface area (Å²) in [5, 5.41) is 23.0. The number of aliphatic hydroxyl groups excluding tert-OH is 2. The molecule has 4 atom stereocenters. The number of carbonyl (C=O) groups is 2. The van der Waals surface area contributed by atoms with Crippen LogP contribution in [0.15, 0.2) is 11.0 Å². The summed E-state index contributed by atoms with van der Waals surface area (Å²) >= 11 is 0. The Hall–Kier alpha value is -2.94. The van der Waals surface area contributed by atoms with E-state index in [0.717, 1.165) is 30.3 Å². The molecule has 1 saturated heterocycles. The largest absolute Gasteiger partial charge is 0.465 e. The lowest BCUT2D eigenvalue weighted by Crippen LogP contribution is -2.36. The summed E-state index contributed by atoms with van der Waals surface area (Å²) in [6, 6.07) is 0. The molecule has 0 radical (unpaired) electrons. The summed E-state index contributed by atoms with van der Waals surface area (Å²) in [4.78, 5) is 40.2. The molecule has 0 bridgehead atoms. The molecule has 11 heteroatoms. The lowest BCUT2D eigenvalue weighted by Gasteiger charge is -2.18. The number of ether oxygens (including phenoxy) is 3. The summed E-state index contributed by atoms with van der Waals surface area (Å²) in [5.41, 5.74) is -0.833. The number of carbonyl (C=O) groups excluding carboxylic acids is 2. The lowest BCUT2D eigenvalue weighted by molar-refractivity contribution is -0.149. The first kappa shape index (κ1) is 22.3. The quantitative estimate of drug-likeness (QED) is 0.374. The zero-order chi connectivity index (χ0) is 22.8. The number of rotatable bonds is 8. The van der Waals surface area contributed by atoms with Gasteiger partial charge in [-0.1, -0.05) is 5.92 Å².